The fourth-order valence-electron chi connectivity index (χ4n) is 1.68. The molecule has 1 N–H and O–H groups in total. The summed E-state index contributed by atoms with van der Waals surface area (Å²) in [6.07, 6.45) is 1.74. The Balaban J connectivity index is 2.11. The van der Waals surface area contributed by atoms with Crippen molar-refractivity contribution >= 4 is 15.8 Å². The fraction of sp³-hybridized carbons (Fsp3) is 0.231. The van der Waals surface area contributed by atoms with E-state index >= 15 is 0 Å². The Morgan fingerprint density at radius 2 is 1.90 bits per heavy atom. The van der Waals surface area contributed by atoms with E-state index in [1.807, 2.05) is 0 Å². The van der Waals surface area contributed by atoms with E-state index in [0.717, 1.165) is 0 Å². The summed E-state index contributed by atoms with van der Waals surface area (Å²) in [6, 6.07) is 7.56. The molecule has 6 nitrogen and oxygen atoms in total. The van der Waals surface area contributed by atoms with Crippen LogP contribution in [0.1, 0.15) is 23.0 Å². The molecule has 20 heavy (non-hydrogen) atoms. The molecule has 1 aromatic carbocycles. The molecular formula is C13H15N3O3S. The number of nitrogens with one attached hydrogen (secondary N) is 1. The lowest BCUT2D eigenvalue weighted by molar-refractivity contribution is 0.101. The second-order valence-electron chi connectivity index (χ2n) is 4.39. The van der Waals surface area contributed by atoms with Crippen molar-refractivity contribution in [2.75, 3.05) is 0 Å². The molecule has 0 spiro atoms. The number of Topliss-reactive ketones (excluding diaryl/α,β-unsaturated/α-hetero) is 1. The zero-order valence-corrected chi connectivity index (χ0v) is 12.0. The molecule has 1 aromatic heterocycles. The summed E-state index contributed by atoms with van der Waals surface area (Å²) in [5.41, 5.74) is 1.12. The minimum Gasteiger partial charge on any atom is -0.295 e. The molecule has 0 aliphatic heterocycles. The number of ketones is 1. The molecule has 0 atom stereocenters. The average molecular weight is 293 g/mol. The molecule has 0 saturated carbocycles. The van der Waals surface area contributed by atoms with Crippen LogP contribution in [0.5, 0.6) is 0 Å². The van der Waals surface area contributed by atoms with Crippen LogP contribution in [0.25, 0.3) is 0 Å². The van der Waals surface area contributed by atoms with Gasteiger partial charge in [0.15, 0.2) is 5.78 Å². The van der Waals surface area contributed by atoms with E-state index in [2.05, 4.69) is 9.82 Å². The van der Waals surface area contributed by atoms with E-state index in [1.165, 1.54) is 31.2 Å². The van der Waals surface area contributed by atoms with E-state index in [9.17, 15) is 13.2 Å². The van der Waals surface area contributed by atoms with Crippen LogP contribution < -0.4 is 4.72 Å². The fourth-order valence-corrected chi connectivity index (χ4v) is 2.68. The smallest absolute Gasteiger partial charge is 0.240 e. The van der Waals surface area contributed by atoms with Crippen molar-refractivity contribution in [1.82, 2.24) is 14.5 Å². The van der Waals surface area contributed by atoms with E-state index < -0.39 is 10.0 Å². The van der Waals surface area contributed by atoms with E-state index in [-0.39, 0.29) is 17.2 Å². The highest BCUT2D eigenvalue weighted by atomic mass is 32.2. The topological polar surface area (TPSA) is 81.1 Å². The lowest BCUT2D eigenvalue weighted by Gasteiger charge is -2.05. The Hall–Kier alpha value is -1.99. The number of nitrogens with zero attached hydrogens (tertiary/aromatic N) is 2. The first-order chi connectivity index (χ1) is 9.38. The Labute approximate surface area is 117 Å². The molecule has 2 rings (SSSR count). The van der Waals surface area contributed by atoms with Crippen LogP contribution in [0.2, 0.25) is 0 Å². The lowest BCUT2D eigenvalue weighted by Crippen LogP contribution is -2.23. The van der Waals surface area contributed by atoms with Crippen molar-refractivity contribution in [3.63, 3.8) is 0 Å². The maximum Gasteiger partial charge on any atom is 0.240 e. The summed E-state index contributed by atoms with van der Waals surface area (Å²) in [7, 11) is -1.84. The van der Waals surface area contributed by atoms with Gasteiger partial charge in [-0.1, -0.05) is 12.1 Å². The van der Waals surface area contributed by atoms with E-state index in [1.54, 1.807) is 24.0 Å². The SMILES string of the molecule is CC(=O)c1ccc(S(=O)(=O)NCc2ccn(C)n2)cc1. The van der Waals surface area contributed by atoms with Gasteiger partial charge >= 0.3 is 0 Å². The quantitative estimate of drug-likeness (QED) is 0.837. The van der Waals surface area contributed by atoms with Crippen LogP contribution in [0.4, 0.5) is 0 Å². The van der Waals surface area contributed by atoms with Crippen molar-refractivity contribution in [3.05, 3.63) is 47.8 Å². The summed E-state index contributed by atoms with van der Waals surface area (Å²) < 4.78 is 28.2. The predicted molar refractivity (Wildman–Crippen MR) is 73.7 cm³/mol. The van der Waals surface area contributed by atoms with Gasteiger partial charge in [0, 0.05) is 18.8 Å². The number of aromatic nitrogens is 2. The number of carbonyl (C=O) groups is 1. The summed E-state index contributed by atoms with van der Waals surface area (Å²) >= 11 is 0. The Bertz CT molecular complexity index is 718. The van der Waals surface area contributed by atoms with E-state index in [4.69, 9.17) is 0 Å². The monoisotopic (exact) mass is 293 g/mol. The highest BCUT2D eigenvalue weighted by Gasteiger charge is 2.14. The largest absolute Gasteiger partial charge is 0.295 e. The van der Waals surface area contributed by atoms with Crippen molar-refractivity contribution in [3.8, 4) is 0 Å². The number of rotatable bonds is 5. The zero-order chi connectivity index (χ0) is 14.8. The summed E-state index contributed by atoms with van der Waals surface area (Å²) in [5.74, 6) is -0.101. The number of hydrogen-bond acceptors (Lipinski definition) is 4. The molecular weight excluding hydrogens is 278 g/mol. The Kier molecular flexibility index (Phi) is 4.01. The van der Waals surface area contributed by atoms with Crippen LogP contribution in [0.15, 0.2) is 41.4 Å². The molecule has 2 aromatic rings. The molecule has 0 fully saturated rings. The first-order valence-electron chi connectivity index (χ1n) is 5.98. The van der Waals surface area contributed by atoms with Crippen LogP contribution in [-0.4, -0.2) is 24.0 Å². The van der Waals surface area contributed by atoms with Crippen molar-refractivity contribution < 1.29 is 13.2 Å². The van der Waals surface area contributed by atoms with Gasteiger partial charge in [0.05, 0.1) is 17.1 Å². The predicted octanol–water partition coefficient (Wildman–Crippen LogP) is 1.10. The first-order valence-corrected chi connectivity index (χ1v) is 7.46. The zero-order valence-electron chi connectivity index (χ0n) is 11.2. The van der Waals surface area contributed by atoms with Crippen molar-refractivity contribution in [2.24, 2.45) is 7.05 Å². The van der Waals surface area contributed by atoms with Crippen molar-refractivity contribution in [1.29, 1.82) is 0 Å². The van der Waals surface area contributed by atoms with Crippen LogP contribution in [-0.2, 0) is 23.6 Å². The second kappa shape index (κ2) is 5.56. The molecule has 0 radical (unpaired) electrons. The van der Waals surface area contributed by atoms with Gasteiger partial charge in [0.2, 0.25) is 10.0 Å². The van der Waals surface area contributed by atoms with Gasteiger partial charge in [-0.25, -0.2) is 13.1 Å². The standard InChI is InChI=1S/C13H15N3O3S/c1-10(17)11-3-5-13(6-4-11)20(18,19)14-9-12-7-8-16(2)15-12/h3-8,14H,9H2,1-2H3. The molecule has 0 aliphatic carbocycles. The summed E-state index contributed by atoms with van der Waals surface area (Å²) in [6.45, 7) is 1.56. The molecule has 106 valence electrons. The number of aryl methyl sites for hydroxylation is 1. The maximum absolute atomic E-state index is 12.1. The van der Waals surface area contributed by atoms with E-state index in [0.29, 0.717) is 11.3 Å². The summed E-state index contributed by atoms with van der Waals surface area (Å²) in [4.78, 5) is 11.3. The minimum atomic E-state index is -3.60. The molecule has 1 heterocycles. The third-order valence-corrected chi connectivity index (χ3v) is 4.20. The first kappa shape index (κ1) is 14.4. The highest BCUT2D eigenvalue weighted by molar-refractivity contribution is 7.89. The normalized spacial score (nSPS) is 11.5. The molecule has 0 unspecified atom stereocenters. The number of carbonyl (C=O) groups excluding carboxylic acids is 1. The molecule has 0 bridgehead atoms. The van der Waals surface area contributed by atoms with Crippen LogP contribution in [0, 0.1) is 0 Å². The van der Waals surface area contributed by atoms with Gasteiger partial charge in [0.1, 0.15) is 0 Å². The maximum atomic E-state index is 12.1. The average Bonchev–Trinajstić information content (AvgIpc) is 2.82. The molecule has 0 saturated heterocycles. The van der Waals surface area contributed by atoms with Crippen molar-refractivity contribution in [2.45, 2.75) is 18.4 Å². The number of sulfonamides is 1. The van der Waals surface area contributed by atoms with Gasteiger partial charge < -0.3 is 0 Å². The van der Waals surface area contributed by atoms with Crippen LogP contribution >= 0.6 is 0 Å². The lowest BCUT2D eigenvalue weighted by atomic mass is 10.2. The number of hydrogen-bond donors (Lipinski definition) is 1. The summed E-state index contributed by atoms with van der Waals surface area (Å²) in [5, 5.41) is 4.09. The number of benzene rings is 1. The van der Waals surface area contributed by atoms with Gasteiger partial charge in [-0.3, -0.25) is 9.48 Å². The highest BCUT2D eigenvalue weighted by Crippen LogP contribution is 2.11. The Morgan fingerprint density at radius 3 is 2.40 bits per heavy atom. The van der Waals surface area contributed by atoms with Gasteiger partial charge in [-0.05, 0) is 25.1 Å². The third kappa shape index (κ3) is 3.31. The van der Waals surface area contributed by atoms with Crippen LogP contribution in [0.3, 0.4) is 0 Å². The van der Waals surface area contributed by atoms with Gasteiger partial charge in [-0.2, -0.15) is 5.10 Å². The molecule has 0 amide bonds. The van der Waals surface area contributed by atoms with Gasteiger partial charge in [0.25, 0.3) is 0 Å². The molecule has 7 heteroatoms. The third-order valence-electron chi connectivity index (χ3n) is 2.78. The second-order valence-corrected chi connectivity index (χ2v) is 6.15. The Morgan fingerprint density at radius 1 is 1.25 bits per heavy atom. The molecule has 0 aliphatic rings. The minimum absolute atomic E-state index is 0.101. The van der Waals surface area contributed by atoms with Gasteiger partial charge in [-0.15, -0.1) is 0 Å².